The number of hydrogen-bond acceptors (Lipinski definition) is 6. The zero-order valence-electron chi connectivity index (χ0n) is 18.1. The standard InChI is InChI=1S/C24H26ClN3O4/c1-27(2)11-4-12-32-24(31)14-17-5-3-6-18(13-17)16-28-23(30)10-8-21(26-28)20-15-19(25)7-9-22(20)29/h3,5-10,13,15,29H,4,11-12,14,16H2,1-2H3. The van der Waals surface area contributed by atoms with Crippen molar-refractivity contribution in [2.24, 2.45) is 0 Å². The molecule has 0 amide bonds. The largest absolute Gasteiger partial charge is 0.507 e. The minimum Gasteiger partial charge on any atom is -0.507 e. The molecule has 2 aromatic carbocycles. The Morgan fingerprint density at radius 3 is 2.69 bits per heavy atom. The van der Waals surface area contributed by atoms with Gasteiger partial charge < -0.3 is 14.7 Å². The molecule has 0 bridgehead atoms. The van der Waals surface area contributed by atoms with Crippen LogP contribution in [0.15, 0.2) is 59.4 Å². The fourth-order valence-corrected chi connectivity index (χ4v) is 3.39. The molecule has 3 aromatic rings. The van der Waals surface area contributed by atoms with Crippen molar-refractivity contribution in [3.63, 3.8) is 0 Å². The number of carbonyl (C=O) groups excluding carboxylic acids is 1. The first-order valence-electron chi connectivity index (χ1n) is 10.3. The summed E-state index contributed by atoms with van der Waals surface area (Å²) in [5.74, 6) is -0.257. The number of benzene rings is 2. The third-order valence-electron chi connectivity index (χ3n) is 4.79. The lowest BCUT2D eigenvalue weighted by Gasteiger charge is -2.11. The van der Waals surface area contributed by atoms with Gasteiger partial charge in [-0.25, -0.2) is 4.68 Å². The van der Waals surface area contributed by atoms with E-state index in [1.165, 1.54) is 16.8 Å². The van der Waals surface area contributed by atoms with Crippen molar-refractivity contribution < 1.29 is 14.6 Å². The van der Waals surface area contributed by atoms with Crippen LogP contribution in [-0.2, 0) is 22.5 Å². The lowest BCUT2D eigenvalue weighted by Crippen LogP contribution is -2.23. The molecule has 0 radical (unpaired) electrons. The van der Waals surface area contributed by atoms with E-state index in [-0.39, 0.29) is 30.2 Å². The summed E-state index contributed by atoms with van der Waals surface area (Å²) in [6.45, 7) is 1.47. The second-order valence-electron chi connectivity index (χ2n) is 7.75. The molecule has 8 heteroatoms. The zero-order chi connectivity index (χ0) is 23.1. The van der Waals surface area contributed by atoms with Crippen LogP contribution in [0.2, 0.25) is 5.02 Å². The van der Waals surface area contributed by atoms with Gasteiger partial charge in [-0.05, 0) is 55.9 Å². The summed E-state index contributed by atoms with van der Waals surface area (Å²) >= 11 is 6.03. The van der Waals surface area contributed by atoms with E-state index < -0.39 is 0 Å². The van der Waals surface area contributed by atoms with Crippen molar-refractivity contribution in [2.75, 3.05) is 27.2 Å². The molecule has 0 aliphatic heterocycles. The molecule has 0 aliphatic carbocycles. The van der Waals surface area contributed by atoms with Gasteiger partial charge in [-0.1, -0.05) is 35.9 Å². The maximum absolute atomic E-state index is 12.4. The average molecular weight is 456 g/mol. The second-order valence-corrected chi connectivity index (χ2v) is 8.19. The van der Waals surface area contributed by atoms with E-state index in [1.807, 2.05) is 43.3 Å². The summed E-state index contributed by atoms with van der Waals surface area (Å²) in [4.78, 5) is 26.5. The van der Waals surface area contributed by atoms with Crippen LogP contribution in [0.1, 0.15) is 17.5 Å². The number of ether oxygens (including phenoxy) is 1. The van der Waals surface area contributed by atoms with Gasteiger partial charge >= 0.3 is 5.97 Å². The van der Waals surface area contributed by atoms with E-state index in [9.17, 15) is 14.7 Å². The predicted molar refractivity (Wildman–Crippen MR) is 124 cm³/mol. The third-order valence-corrected chi connectivity index (χ3v) is 5.02. The Morgan fingerprint density at radius 2 is 1.91 bits per heavy atom. The number of hydrogen-bond donors (Lipinski definition) is 1. The van der Waals surface area contributed by atoms with Gasteiger partial charge in [0.2, 0.25) is 0 Å². The normalized spacial score (nSPS) is 11.0. The van der Waals surface area contributed by atoms with Crippen molar-refractivity contribution in [2.45, 2.75) is 19.4 Å². The van der Waals surface area contributed by atoms with E-state index in [0.717, 1.165) is 24.1 Å². The van der Waals surface area contributed by atoms with E-state index >= 15 is 0 Å². The number of phenols is 1. The van der Waals surface area contributed by atoms with Crippen LogP contribution in [0.25, 0.3) is 11.3 Å². The molecular formula is C24H26ClN3O4. The van der Waals surface area contributed by atoms with Crippen LogP contribution < -0.4 is 5.56 Å². The van der Waals surface area contributed by atoms with Crippen LogP contribution in [0, 0.1) is 0 Å². The quantitative estimate of drug-likeness (QED) is 0.393. The van der Waals surface area contributed by atoms with Gasteiger partial charge in [0.25, 0.3) is 5.56 Å². The molecule has 1 heterocycles. The van der Waals surface area contributed by atoms with Crippen molar-refractivity contribution in [1.82, 2.24) is 14.7 Å². The van der Waals surface area contributed by atoms with Gasteiger partial charge in [0, 0.05) is 23.2 Å². The second kappa shape index (κ2) is 10.9. The number of carbonyl (C=O) groups is 1. The molecule has 1 N–H and O–H groups in total. The van der Waals surface area contributed by atoms with E-state index in [1.54, 1.807) is 18.2 Å². The highest BCUT2D eigenvalue weighted by atomic mass is 35.5. The van der Waals surface area contributed by atoms with Crippen LogP contribution in [0.5, 0.6) is 5.75 Å². The first kappa shape index (κ1) is 23.5. The number of rotatable bonds is 9. The maximum Gasteiger partial charge on any atom is 0.310 e. The molecular weight excluding hydrogens is 430 g/mol. The highest BCUT2D eigenvalue weighted by molar-refractivity contribution is 6.30. The minimum atomic E-state index is -0.283. The average Bonchev–Trinajstić information content (AvgIpc) is 2.75. The smallest absolute Gasteiger partial charge is 0.310 e. The Balaban J connectivity index is 1.71. The van der Waals surface area contributed by atoms with Gasteiger partial charge in [-0.3, -0.25) is 9.59 Å². The fraction of sp³-hybridized carbons (Fsp3) is 0.292. The number of nitrogens with zero attached hydrogens (tertiary/aromatic N) is 3. The third kappa shape index (κ3) is 6.67. The lowest BCUT2D eigenvalue weighted by atomic mass is 10.1. The molecule has 0 unspecified atom stereocenters. The summed E-state index contributed by atoms with van der Waals surface area (Å²) in [7, 11) is 3.95. The summed E-state index contributed by atoms with van der Waals surface area (Å²) in [5.41, 5.74) is 2.22. The van der Waals surface area contributed by atoms with Gasteiger partial charge in [0.05, 0.1) is 25.3 Å². The Morgan fingerprint density at radius 1 is 1.12 bits per heavy atom. The minimum absolute atomic E-state index is 0.0261. The first-order valence-corrected chi connectivity index (χ1v) is 10.6. The molecule has 0 saturated carbocycles. The van der Waals surface area contributed by atoms with E-state index in [0.29, 0.717) is 22.9 Å². The van der Waals surface area contributed by atoms with Crippen LogP contribution in [0.3, 0.4) is 0 Å². The SMILES string of the molecule is CN(C)CCCOC(=O)Cc1cccc(Cn2nc(-c3cc(Cl)ccc3O)ccc2=O)c1. The maximum atomic E-state index is 12.4. The Hall–Kier alpha value is -3.16. The van der Waals surface area contributed by atoms with E-state index in [2.05, 4.69) is 5.10 Å². The molecule has 3 rings (SSSR count). The molecule has 32 heavy (non-hydrogen) atoms. The number of aromatic nitrogens is 2. The fourth-order valence-electron chi connectivity index (χ4n) is 3.21. The molecule has 168 valence electrons. The van der Waals surface area contributed by atoms with Crippen LogP contribution in [-0.4, -0.2) is 53.0 Å². The van der Waals surface area contributed by atoms with Crippen molar-refractivity contribution >= 4 is 17.6 Å². The highest BCUT2D eigenvalue weighted by Crippen LogP contribution is 2.29. The van der Waals surface area contributed by atoms with Crippen molar-refractivity contribution in [3.05, 3.63) is 81.1 Å². The first-order chi connectivity index (χ1) is 15.3. The van der Waals surface area contributed by atoms with Crippen LogP contribution >= 0.6 is 11.6 Å². The molecule has 0 aliphatic rings. The van der Waals surface area contributed by atoms with Crippen molar-refractivity contribution in [3.8, 4) is 17.0 Å². The Labute approximate surface area is 191 Å². The number of esters is 1. The van der Waals surface area contributed by atoms with Gasteiger partial charge in [0.1, 0.15) is 5.75 Å². The summed E-state index contributed by atoms with van der Waals surface area (Å²) < 4.78 is 6.61. The molecule has 0 fully saturated rings. The number of phenolic OH excluding ortho intramolecular Hbond substituents is 1. The van der Waals surface area contributed by atoms with E-state index in [4.69, 9.17) is 16.3 Å². The highest BCUT2D eigenvalue weighted by Gasteiger charge is 2.10. The van der Waals surface area contributed by atoms with Gasteiger partial charge in [0.15, 0.2) is 0 Å². The molecule has 0 atom stereocenters. The summed E-state index contributed by atoms with van der Waals surface area (Å²) in [6.07, 6.45) is 0.945. The van der Waals surface area contributed by atoms with Gasteiger partial charge in [-0.15, -0.1) is 0 Å². The topological polar surface area (TPSA) is 84.7 Å². The zero-order valence-corrected chi connectivity index (χ0v) is 18.9. The molecule has 0 saturated heterocycles. The Kier molecular flexibility index (Phi) is 8.03. The number of aromatic hydroxyl groups is 1. The molecule has 0 spiro atoms. The van der Waals surface area contributed by atoms with Gasteiger partial charge in [-0.2, -0.15) is 5.10 Å². The predicted octanol–water partition coefficient (Wildman–Crippen LogP) is 3.36. The van der Waals surface area contributed by atoms with Crippen molar-refractivity contribution in [1.29, 1.82) is 0 Å². The van der Waals surface area contributed by atoms with Crippen LogP contribution in [0.4, 0.5) is 0 Å². The lowest BCUT2D eigenvalue weighted by molar-refractivity contribution is -0.143. The molecule has 7 nitrogen and oxygen atoms in total. The Bertz CT molecular complexity index is 1140. The summed E-state index contributed by atoms with van der Waals surface area (Å²) in [5, 5.41) is 15.0. The monoisotopic (exact) mass is 455 g/mol. The number of halogens is 1. The summed E-state index contributed by atoms with van der Waals surface area (Å²) in [6, 6.07) is 15.0. The molecule has 1 aromatic heterocycles.